The van der Waals surface area contributed by atoms with Crippen molar-refractivity contribution >= 4 is 23.0 Å². The number of nitrogen functional groups attached to an aromatic ring is 1. The maximum absolute atomic E-state index is 5.90. The number of halogens is 1. The molecule has 0 radical (unpaired) electrons. The van der Waals surface area contributed by atoms with Gasteiger partial charge in [0, 0.05) is 23.7 Å². The molecule has 0 bridgehead atoms. The number of nitrogens with zero attached hydrogens (tertiary/aromatic N) is 1. The normalized spacial score (nSPS) is 17.2. The summed E-state index contributed by atoms with van der Waals surface area (Å²) in [7, 11) is 2.19. The van der Waals surface area contributed by atoms with Crippen LogP contribution in [0, 0.1) is 0 Å². The Hall–Kier alpha value is -0.930. The lowest BCUT2D eigenvalue weighted by molar-refractivity contribution is 0.257. The highest BCUT2D eigenvalue weighted by atomic mass is 35.5. The summed E-state index contributed by atoms with van der Waals surface area (Å²) in [4.78, 5) is 2.43. The molecule has 2 rings (SSSR count). The van der Waals surface area contributed by atoms with Gasteiger partial charge in [-0.2, -0.15) is 0 Å². The van der Waals surface area contributed by atoms with E-state index in [2.05, 4.69) is 24.2 Å². The molecule has 3 N–H and O–H groups in total. The van der Waals surface area contributed by atoms with E-state index in [1.54, 1.807) is 6.07 Å². The second-order valence-electron chi connectivity index (χ2n) is 4.86. The Morgan fingerprint density at radius 2 is 2.24 bits per heavy atom. The zero-order chi connectivity index (χ0) is 12.4. The molecule has 94 valence electrons. The molecule has 1 unspecified atom stereocenters. The topological polar surface area (TPSA) is 41.3 Å². The standard InChI is InChI=1S/C13H20ClN3/c1-9(17(2)11-4-5-11)8-16-13-6-3-10(14)7-12(13)15/h3,6-7,9,11,16H,4-5,8,15H2,1-2H3. The van der Waals surface area contributed by atoms with Crippen LogP contribution in [0.5, 0.6) is 0 Å². The molecule has 1 aromatic rings. The van der Waals surface area contributed by atoms with Crippen LogP contribution in [0.25, 0.3) is 0 Å². The molecule has 0 heterocycles. The van der Waals surface area contributed by atoms with Gasteiger partial charge in [-0.3, -0.25) is 4.90 Å². The maximum Gasteiger partial charge on any atom is 0.0575 e. The van der Waals surface area contributed by atoms with Gasteiger partial charge in [-0.05, 0) is 45.0 Å². The number of anilines is 2. The second kappa shape index (κ2) is 5.15. The number of hydrogen-bond donors (Lipinski definition) is 2. The summed E-state index contributed by atoms with van der Waals surface area (Å²) in [5.41, 5.74) is 7.57. The van der Waals surface area contributed by atoms with E-state index in [1.807, 2.05) is 12.1 Å². The quantitative estimate of drug-likeness (QED) is 0.793. The van der Waals surface area contributed by atoms with Crippen molar-refractivity contribution in [2.45, 2.75) is 31.8 Å². The van der Waals surface area contributed by atoms with Gasteiger partial charge >= 0.3 is 0 Å². The lowest BCUT2D eigenvalue weighted by Crippen LogP contribution is -2.36. The molecule has 1 atom stereocenters. The smallest absolute Gasteiger partial charge is 0.0575 e. The van der Waals surface area contributed by atoms with Crippen molar-refractivity contribution in [3.05, 3.63) is 23.2 Å². The number of nitrogens with one attached hydrogen (secondary N) is 1. The Labute approximate surface area is 108 Å². The summed E-state index contributed by atoms with van der Waals surface area (Å²) < 4.78 is 0. The molecule has 0 spiro atoms. The van der Waals surface area contributed by atoms with Crippen molar-refractivity contribution in [3.8, 4) is 0 Å². The fourth-order valence-electron chi connectivity index (χ4n) is 1.94. The molecule has 1 aliphatic carbocycles. The number of likely N-dealkylation sites (N-methyl/N-ethyl adjacent to an activating group) is 1. The second-order valence-corrected chi connectivity index (χ2v) is 5.29. The first-order chi connectivity index (χ1) is 8.08. The van der Waals surface area contributed by atoms with Crippen molar-refractivity contribution in [2.75, 3.05) is 24.6 Å². The summed E-state index contributed by atoms with van der Waals surface area (Å²) in [6.45, 7) is 3.14. The van der Waals surface area contributed by atoms with E-state index < -0.39 is 0 Å². The molecule has 1 fully saturated rings. The van der Waals surface area contributed by atoms with Gasteiger partial charge in [-0.1, -0.05) is 11.6 Å². The first-order valence-corrected chi connectivity index (χ1v) is 6.46. The van der Waals surface area contributed by atoms with Crippen molar-refractivity contribution in [2.24, 2.45) is 0 Å². The van der Waals surface area contributed by atoms with Gasteiger partial charge in [0.1, 0.15) is 0 Å². The Balaban J connectivity index is 1.88. The van der Waals surface area contributed by atoms with E-state index in [0.29, 0.717) is 16.8 Å². The van der Waals surface area contributed by atoms with Gasteiger partial charge in [-0.25, -0.2) is 0 Å². The third kappa shape index (κ3) is 3.27. The fourth-order valence-corrected chi connectivity index (χ4v) is 2.12. The largest absolute Gasteiger partial charge is 0.397 e. The Morgan fingerprint density at radius 1 is 1.53 bits per heavy atom. The Morgan fingerprint density at radius 3 is 2.82 bits per heavy atom. The predicted octanol–water partition coefficient (Wildman–Crippen LogP) is 2.82. The van der Waals surface area contributed by atoms with Gasteiger partial charge in [0.2, 0.25) is 0 Å². The molecule has 17 heavy (non-hydrogen) atoms. The third-order valence-electron chi connectivity index (χ3n) is 3.42. The van der Waals surface area contributed by atoms with Crippen LogP contribution in [-0.2, 0) is 0 Å². The predicted molar refractivity (Wildman–Crippen MR) is 74.6 cm³/mol. The van der Waals surface area contributed by atoms with E-state index in [0.717, 1.165) is 18.3 Å². The van der Waals surface area contributed by atoms with Crippen LogP contribution in [0.4, 0.5) is 11.4 Å². The highest BCUT2D eigenvalue weighted by Gasteiger charge is 2.28. The minimum Gasteiger partial charge on any atom is -0.397 e. The molecule has 0 amide bonds. The molecule has 1 aromatic carbocycles. The van der Waals surface area contributed by atoms with Gasteiger partial charge < -0.3 is 11.1 Å². The summed E-state index contributed by atoms with van der Waals surface area (Å²) >= 11 is 5.86. The molecule has 4 heteroatoms. The van der Waals surface area contributed by atoms with Crippen LogP contribution in [-0.4, -0.2) is 30.6 Å². The van der Waals surface area contributed by atoms with Crippen molar-refractivity contribution in [1.29, 1.82) is 0 Å². The first kappa shape index (κ1) is 12.5. The fraction of sp³-hybridized carbons (Fsp3) is 0.538. The number of rotatable bonds is 5. The average Bonchev–Trinajstić information content (AvgIpc) is 3.10. The van der Waals surface area contributed by atoms with Crippen molar-refractivity contribution in [3.63, 3.8) is 0 Å². The molecule has 3 nitrogen and oxygen atoms in total. The average molecular weight is 254 g/mol. The monoisotopic (exact) mass is 253 g/mol. The highest BCUT2D eigenvalue weighted by molar-refractivity contribution is 6.31. The SMILES string of the molecule is CC(CNc1ccc(Cl)cc1N)N(C)C1CC1. The van der Waals surface area contributed by atoms with Crippen LogP contribution in [0.1, 0.15) is 19.8 Å². The van der Waals surface area contributed by atoms with Gasteiger partial charge in [0.05, 0.1) is 11.4 Å². The van der Waals surface area contributed by atoms with Crippen LogP contribution < -0.4 is 11.1 Å². The van der Waals surface area contributed by atoms with E-state index in [-0.39, 0.29) is 0 Å². The molecular formula is C13H20ClN3. The number of benzene rings is 1. The summed E-state index contributed by atoms with van der Waals surface area (Å²) in [6.07, 6.45) is 2.67. The highest BCUT2D eigenvalue weighted by Crippen LogP contribution is 2.27. The zero-order valence-corrected chi connectivity index (χ0v) is 11.2. The molecule has 1 saturated carbocycles. The van der Waals surface area contributed by atoms with Crippen LogP contribution >= 0.6 is 11.6 Å². The Kier molecular flexibility index (Phi) is 3.79. The minimum absolute atomic E-state index is 0.512. The van der Waals surface area contributed by atoms with Gasteiger partial charge in [0.25, 0.3) is 0 Å². The van der Waals surface area contributed by atoms with Crippen molar-refractivity contribution < 1.29 is 0 Å². The Bertz CT molecular complexity index is 390. The third-order valence-corrected chi connectivity index (χ3v) is 3.65. The number of nitrogens with two attached hydrogens (primary N) is 1. The maximum atomic E-state index is 5.90. The van der Waals surface area contributed by atoms with E-state index in [9.17, 15) is 0 Å². The van der Waals surface area contributed by atoms with E-state index in [1.165, 1.54) is 12.8 Å². The summed E-state index contributed by atoms with van der Waals surface area (Å²) in [5.74, 6) is 0. The van der Waals surface area contributed by atoms with Crippen LogP contribution in [0.2, 0.25) is 5.02 Å². The van der Waals surface area contributed by atoms with Crippen LogP contribution in [0.15, 0.2) is 18.2 Å². The number of hydrogen-bond acceptors (Lipinski definition) is 3. The van der Waals surface area contributed by atoms with Crippen molar-refractivity contribution in [1.82, 2.24) is 4.90 Å². The minimum atomic E-state index is 0.512. The lowest BCUT2D eigenvalue weighted by Gasteiger charge is -2.25. The van der Waals surface area contributed by atoms with Crippen LogP contribution in [0.3, 0.4) is 0 Å². The lowest BCUT2D eigenvalue weighted by atomic mass is 10.2. The van der Waals surface area contributed by atoms with Gasteiger partial charge in [-0.15, -0.1) is 0 Å². The first-order valence-electron chi connectivity index (χ1n) is 6.08. The molecule has 0 aromatic heterocycles. The van der Waals surface area contributed by atoms with E-state index >= 15 is 0 Å². The summed E-state index contributed by atoms with van der Waals surface area (Å²) in [6, 6.07) is 6.86. The molecule has 1 aliphatic rings. The summed E-state index contributed by atoms with van der Waals surface area (Å²) in [5, 5.41) is 4.06. The molecular weight excluding hydrogens is 234 g/mol. The molecule has 0 aliphatic heterocycles. The van der Waals surface area contributed by atoms with E-state index in [4.69, 9.17) is 17.3 Å². The molecule has 0 saturated heterocycles. The van der Waals surface area contributed by atoms with Gasteiger partial charge in [0.15, 0.2) is 0 Å². The zero-order valence-electron chi connectivity index (χ0n) is 10.4.